The number of amides is 4. The van der Waals surface area contributed by atoms with E-state index in [9.17, 15) is 24.0 Å². The molecule has 2 unspecified atom stereocenters. The van der Waals surface area contributed by atoms with Crippen LogP contribution < -0.4 is 20.8 Å². The van der Waals surface area contributed by atoms with E-state index in [0.717, 1.165) is 60.4 Å². The van der Waals surface area contributed by atoms with E-state index in [0.29, 0.717) is 12.1 Å². The standard InChI is InChI=1S/C37H48N6O8.C2H6/c1-35(2,3)50-33(47)43(34(48)51-36(4,5)6)28-13-11-23(21-38-28)24-15-16-37(49-22-24)17-19-41(20-18-37)25-9-8-10-26-30(25)40(7)32(46)42(26)27-12-14-29(44)39-31(27)45;1-2/h8-11,13,21,24,27H,12,14-20,22H2,1-7H3,(H,39,44,45);1-2H3. The molecule has 3 saturated heterocycles. The third-order valence-electron chi connectivity index (χ3n) is 9.78. The van der Waals surface area contributed by atoms with Crippen LogP contribution in [-0.4, -0.2) is 74.6 Å². The molecule has 2 aromatic heterocycles. The van der Waals surface area contributed by atoms with Gasteiger partial charge in [0.25, 0.3) is 0 Å². The zero-order valence-electron chi connectivity index (χ0n) is 32.5. The van der Waals surface area contributed by atoms with Gasteiger partial charge in [0.15, 0.2) is 0 Å². The van der Waals surface area contributed by atoms with Gasteiger partial charge in [0.05, 0.1) is 28.9 Å². The molecule has 0 bridgehead atoms. The van der Waals surface area contributed by atoms with Gasteiger partial charge in [-0.2, -0.15) is 4.90 Å². The summed E-state index contributed by atoms with van der Waals surface area (Å²) >= 11 is 0. The number of pyridine rings is 1. The predicted octanol–water partition coefficient (Wildman–Crippen LogP) is 6.35. The first-order chi connectivity index (χ1) is 25.0. The number of aromatic nitrogens is 3. The normalized spacial score (nSPS) is 20.4. The summed E-state index contributed by atoms with van der Waals surface area (Å²) in [5.74, 6) is -0.556. The molecule has 3 fully saturated rings. The van der Waals surface area contributed by atoms with Crippen LogP contribution in [0.3, 0.4) is 0 Å². The summed E-state index contributed by atoms with van der Waals surface area (Å²) in [7, 11) is 1.72. The van der Waals surface area contributed by atoms with Gasteiger partial charge in [-0.25, -0.2) is 19.4 Å². The number of nitrogens with one attached hydrogen (secondary N) is 1. The van der Waals surface area contributed by atoms with Crippen LogP contribution in [0.2, 0.25) is 0 Å². The van der Waals surface area contributed by atoms with Gasteiger partial charge in [-0.1, -0.05) is 26.0 Å². The van der Waals surface area contributed by atoms with Gasteiger partial charge in [-0.3, -0.25) is 24.0 Å². The van der Waals surface area contributed by atoms with Crippen LogP contribution in [0.5, 0.6) is 0 Å². The molecule has 3 aliphatic rings. The first-order valence-corrected chi connectivity index (χ1v) is 18.6. The molecule has 5 heterocycles. The van der Waals surface area contributed by atoms with E-state index >= 15 is 0 Å². The number of aryl methyl sites for hydroxylation is 1. The monoisotopic (exact) mass is 734 g/mol. The number of nitrogens with zero attached hydrogens (tertiary/aromatic N) is 5. The minimum atomic E-state index is -0.864. The van der Waals surface area contributed by atoms with Crippen LogP contribution >= 0.6 is 0 Å². The van der Waals surface area contributed by atoms with Crippen molar-refractivity contribution in [2.75, 3.05) is 29.5 Å². The molecule has 0 aliphatic carbocycles. The average Bonchev–Trinajstić information content (AvgIpc) is 3.34. The zero-order valence-corrected chi connectivity index (χ0v) is 32.5. The first-order valence-electron chi connectivity index (χ1n) is 18.6. The van der Waals surface area contributed by atoms with Gasteiger partial charge in [-0.15, -0.1) is 0 Å². The number of anilines is 2. The lowest BCUT2D eigenvalue weighted by molar-refractivity contribution is -0.135. The summed E-state index contributed by atoms with van der Waals surface area (Å²) in [6.07, 6.45) is 3.81. The molecule has 3 aliphatic heterocycles. The highest BCUT2D eigenvalue weighted by Crippen LogP contribution is 2.42. The van der Waals surface area contributed by atoms with Gasteiger partial charge in [0, 0.05) is 38.7 Å². The number of hydrogen-bond acceptors (Lipinski definition) is 10. The number of imidazole rings is 1. The highest BCUT2D eigenvalue weighted by Gasteiger charge is 2.41. The molecule has 6 rings (SSSR count). The molecule has 2 atom stereocenters. The Hall–Kier alpha value is -4.72. The maximum atomic E-state index is 13.4. The Bertz CT molecular complexity index is 1860. The molecule has 1 aromatic carbocycles. The summed E-state index contributed by atoms with van der Waals surface area (Å²) in [6.45, 7) is 16.3. The molecular formula is C39H54N6O8. The Balaban J connectivity index is 0.00000266. The number of piperidine rings is 2. The van der Waals surface area contributed by atoms with Crippen LogP contribution in [0.25, 0.3) is 11.0 Å². The van der Waals surface area contributed by atoms with E-state index in [1.165, 1.54) is 4.57 Å². The number of para-hydroxylation sites is 1. The van der Waals surface area contributed by atoms with Gasteiger partial charge < -0.3 is 19.1 Å². The second kappa shape index (κ2) is 15.3. The van der Waals surface area contributed by atoms with Crippen molar-refractivity contribution >= 4 is 46.5 Å². The van der Waals surface area contributed by atoms with Crippen molar-refractivity contribution in [1.29, 1.82) is 0 Å². The maximum absolute atomic E-state index is 13.4. The SMILES string of the molecule is CC.Cn1c(=O)n(C2CCC(=O)NC2=O)c2cccc(N3CCC4(CCC(c5ccc(N(C(=O)OC(C)(C)C)C(=O)OC(C)(C)C)nc5)CO4)CC3)c21. The number of carbonyl (C=O) groups excluding carboxylic acids is 4. The first kappa shape index (κ1) is 39.5. The zero-order chi connectivity index (χ0) is 38.9. The van der Waals surface area contributed by atoms with Gasteiger partial charge in [0.1, 0.15) is 23.1 Å². The Morgan fingerprint density at radius 1 is 0.925 bits per heavy atom. The lowest BCUT2D eigenvalue weighted by atomic mass is 9.80. The van der Waals surface area contributed by atoms with Gasteiger partial charge in [-0.05, 0) is 97.4 Å². The minimum absolute atomic E-state index is 0.0991. The van der Waals surface area contributed by atoms with Crippen molar-refractivity contribution in [2.45, 2.75) is 123 Å². The molecule has 288 valence electrons. The molecule has 14 nitrogen and oxygen atoms in total. The predicted molar refractivity (Wildman–Crippen MR) is 201 cm³/mol. The highest BCUT2D eigenvalue weighted by molar-refractivity contribution is 6.08. The summed E-state index contributed by atoms with van der Waals surface area (Å²) in [5, 5.41) is 2.37. The second-order valence-electron chi connectivity index (χ2n) is 15.8. The number of hydrogen-bond donors (Lipinski definition) is 1. The largest absolute Gasteiger partial charge is 0.443 e. The Labute approximate surface area is 310 Å². The van der Waals surface area contributed by atoms with Crippen LogP contribution in [-0.2, 0) is 30.8 Å². The van der Waals surface area contributed by atoms with Crippen molar-refractivity contribution in [1.82, 2.24) is 19.4 Å². The Kier molecular flexibility index (Phi) is 11.4. The van der Waals surface area contributed by atoms with E-state index in [1.54, 1.807) is 65.4 Å². The fourth-order valence-corrected chi connectivity index (χ4v) is 7.23. The average molecular weight is 735 g/mol. The summed E-state index contributed by atoms with van der Waals surface area (Å²) in [4.78, 5) is 71.5. The Morgan fingerprint density at radius 2 is 1.57 bits per heavy atom. The lowest BCUT2D eigenvalue weighted by Crippen LogP contribution is -2.49. The lowest BCUT2D eigenvalue weighted by Gasteiger charge is -2.46. The van der Waals surface area contributed by atoms with E-state index in [-0.39, 0.29) is 41.8 Å². The number of fused-ring (bicyclic) bond motifs is 1. The molecular weight excluding hydrogens is 680 g/mol. The summed E-state index contributed by atoms with van der Waals surface area (Å²) in [5.41, 5.74) is 1.13. The Morgan fingerprint density at radius 3 is 2.09 bits per heavy atom. The number of imide groups is 2. The molecule has 14 heteroatoms. The van der Waals surface area contributed by atoms with Crippen LogP contribution in [0.4, 0.5) is 21.1 Å². The van der Waals surface area contributed by atoms with E-state index in [2.05, 4.69) is 15.2 Å². The number of rotatable bonds is 4. The van der Waals surface area contributed by atoms with Crippen LogP contribution in [0.1, 0.15) is 111 Å². The number of carbonyl (C=O) groups is 4. The summed E-state index contributed by atoms with van der Waals surface area (Å²) in [6, 6.07) is 8.54. The fraction of sp³-hybridized carbons (Fsp3) is 0.590. The molecule has 3 aromatic rings. The number of ether oxygens (including phenoxy) is 3. The molecule has 0 radical (unpaired) electrons. The fourth-order valence-electron chi connectivity index (χ4n) is 7.23. The third-order valence-corrected chi connectivity index (χ3v) is 9.78. The van der Waals surface area contributed by atoms with Crippen molar-refractivity contribution < 1.29 is 33.4 Å². The third kappa shape index (κ3) is 8.58. The topological polar surface area (TPSA) is 154 Å². The van der Waals surface area contributed by atoms with Crippen molar-refractivity contribution in [3.8, 4) is 0 Å². The quantitative estimate of drug-likeness (QED) is 0.300. The number of benzene rings is 1. The highest BCUT2D eigenvalue weighted by atomic mass is 16.6. The van der Waals surface area contributed by atoms with E-state index in [1.807, 2.05) is 38.1 Å². The van der Waals surface area contributed by atoms with Crippen molar-refractivity contribution in [2.24, 2.45) is 7.05 Å². The van der Waals surface area contributed by atoms with Crippen LogP contribution in [0, 0.1) is 0 Å². The maximum Gasteiger partial charge on any atom is 0.425 e. The molecule has 1 spiro atoms. The molecule has 53 heavy (non-hydrogen) atoms. The van der Waals surface area contributed by atoms with E-state index < -0.39 is 35.3 Å². The minimum Gasteiger partial charge on any atom is -0.443 e. The van der Waals surface area contributed by atoms with Gasteiger partial charge >= 0.3 is 17.9 Å². The van der Waals surface area contributed by atoms with Crippen LogP contribution in [0.15, 0.2) is 41.3 Å². The molecule has 4 amide bonds. The van der Waals surface area contributed by atoms with Crippen molar-refractivity contribution in [3.63, 3.8) is 0 Å². The van der Waals surface area contributed by atoms with Gasteiger partial charge in [0.2, 0.25) is 11.8 Å². The second-order valence-corrected chi connectivity index (χ2v) is 15.8. The molecule has 1 N–H and O–H groups in total. The van der Waals surface area contributed by atoms with E-state index in [4.69, 9.17) is 14.2 Å². The smallest absolute Gasteiger partial charge is 0.425 e. The van der Waals surface area contributed by atoms with Crippen molar-refractivity contribution in [3.05, 3.63) is 52.6 Å². The summed E-state index contributed by atoms with van der Waals surface area (Å²) < 4.78 is 20.7. The molecule has 0 saturated carbocycles.